The molecular formula is C14H18N4. The summed E-state index contributed by atoms with van der Waals surface area (Å²) in [6.45, 7) is 1.01. The van der Waals surface area contributed by atoms with Crippen LogP contribution in [0.5, 0.6) is 0 Å². The molecule has 0 saturated carbocycles. The van der Waals surface area contributed by atoms with Gasteiger partial charge in [-0.25, -0.2) is 5.01 Å². The Morgan fingerprint density at radius 1 is 1.22 bits per heavy atom. The average Bonchev–Trinajstić information content (AvgIpc) is 2.70. The van der Waals surface area contributed by atoms with Crippen LogP contribution in [0.25, 0.3) is 10.9 Å². The zero-order chi connectivity index (χ0) is 12.3. The van der Waals surface area contributed by atoms with Crippen molar-refractivity contribution in [2.75, 3.05) is 12.4 Å². The number of rotatable bonds is 0. The predicted octanol–water partition coefficient (Wildman–Crippen LogP) is 1.33. The van der Waals surface area contributed by atoms with Gasteiger partial charge in [0.05, 0.1) is 5.52 Å². The summed E-state index contributed by atoms with van der Waals surface area (Å²) in [4.78, 5) is 0. The van der Waals surface area contributed by atoms with Crippen LogP contribution in [0, 0.1) is 0 Å². The zero-order valence-corrected chi connectivity index (χ0v) is 10.3. The number of hydrogen-bond acceptors (Lipinski definition) is 3. The Balaban J connectivity index is 1.97. The highest BCUT2D eigenvalue weighted by molar-refractivity contribution is 5.89. The minimum atomic E-state index is 0.444. The van der Waals surface area contributed by atoms with Crippen LogP contribution in [-0.2, 0) is 6.42 Å². The molecule has 0 spiro atoms. The van der Waals surface area contributed by atoms with Gasteiger partial charge in [-0.3, -0.25) is 10.5 Å². The Bertz CT molecular complexity index is 616. The quantitative estimate of drug-likeness (QED) is 0.685. The third kappa shape index (κ3) is 1.22. The maximum Gasteiger partial charge on any atom is 0.0695 e. The van der Waals surface area contributed by atoms with Crippen molar-refractivity contribution in [2.24, 2.45) is 5.84 Å². The number of benzene rings is 1. The number of fused-ring (bicyclic) bond motifs is 2. The number of piperidine rings is 1. The lowest BCUT2D eigenvalue weighted by molar-refractivity contribution is 0.125. The van der Waals surface area contributed by atoms with E-state index in [1.165, 1.54) is 29.4 Å². The molecule has 1 aromatic carbocycles. The van der Waals surface area contributed by atoms with Crippen LogP contribution in [0.2, 0.25) is 0 Å². The summed E-state index contributed by atoms with van der Waals surface area (Å²) in [6, 6.07) is 6.91. The Labute approximate surface area is 106 Å². The first-order valence-corrected chi connectivity index (χ1v) is 6.65. The fraction of sp³-hybridized carbons (Fsp3) is 0.429. The van der Waals surface area contributed by atoms with Crippen molar-refractivity contribution in [1.82, 2.24) is 9.69 Å². The van der Waals surface area contributed by atoms with Crippen LogP contribution in [-0.4, -0.2) is 22.3 Å². The minimum Gasteiger partial charge on any atom is -0.339 e. The summed E-state index contributed by atoms with van der Waals surface area (Å²) in [5, 5.41) is 3.40. The summed E-state index contributed by atoms with van der Waals surface area (Å²) in [5.41, 5.74) is 3.94. The molecule has 0 amide bonds. The molecular weight excluding hydrogens is 224 g/mol. The van der Waals surface area contributed by atoms with E-state index in [2.05, 4.69) is 24.4 Å². The normalized spacial score (nSPS) is 27.4. The highest BCUT2D eigenvalue weighted by Gasteiger charge is 2.36. The molecule has 2 aromatic rings. The second-order valence-electron chi connectivity index (χ2n) is 5.56. The summed E-state index contributed by atoms with van der Waals surface area (Å²) in [5.74, 6) is 12.8. The van der Waals surface area contributed by atoms with Gasteiger partial charge in [0.25, 0.3) is 0 Å². The van der Waals surface area contributed by atoms with E-state index in [1.807, 2.05) is 5.01 Å². The number of nitrogens with two attached hydrogens (primary N) is 2. The van der Waals surface area contributed by atoms with Crippen molar-refractivity contribution in [1.29, 1.82) is 0 Å². The lowest BCUT2D eigenvalue weighted by Gasteiger charge is -2.41. The molecule has 4 heteroatoms. The van der Waals surface area contributed by atoms with Crippen LogP contribution < -0.4 is 11.7 Å². The van der Waals surface area contributed by atoms with Gasteiger partial charge in [0.15, 0.2) is 0 Å². The van der Waals surface area contributed by atoms with Gasteiger partial charge in [0.2, 0.25) is 0 Å². The zero-order valence-electron chi connectivity index (χ0n) is 10.3. The lowest BCUT2D eigenvalue weighted by atomic mass is 9.76. The molecule has 2 unspecified atom stereocenters. The van der Waals surface area contributed by atoms with E-state index in [0.717, 1.165) is 18.5 Å². The predicted molar refractivity (Wildman–Crippen MR) is 72.4 cm³/mol. The third-order valence-electron chi connectivity index (χ3n) is 4.62. The average molecular weight is 242 g/mol. The van der Waals surface area contributed by atoms with Crippen LogP contribution in [0.1, 0.15) is 29.9 Å². The highest BCUT2D eigenvalue weighted by atomic mass is 15.4. The SMILES string of the molecule is NN1CCCC2c3cccc4c3c(cn4N)CC21. The first kappa shape index (κ1) is 10.4. The molecule has 2 atom stereocenters. The van der Waals surface area contributed by atoms with E-state index in [-0.39, 0.29) is 0 Å². The fourth-order valence-electron chi connectivity index (χ4n) is 3.82. The van der Waals surface area contributed by atoms with Crippen molar-refractivity contribution in [3.8, 4) is 0 Å². The van der Waals surface area contributed by atoms with E-state index in [4.69, 9.17) is 11.7 Å². The van der Waals surface area contributed by atoms with Crippen molar-refractivity contribution in [3.05, 3.63) is 35.5 Å². The first-order valence-electron chi connectivity index (χ1n) is 6.65. The van der Waals surface area contributed by atoms with Crippen molar-refractivity contribution in [3.63, 3.8) is 0 Å². The standard InChI is InChI=1S/C14H18N4/c15-17-6-2-4-10-11-3-1-5-12-14(11)9(7-13(10)17)8-18(12)16/h1,3,5,8,10,13H,2,4,6-7,15-16H2. The molecule has 1 aromatic heterocycles. The summed E-state index contributed by atoms with van der Waals surface area (Å²) in [7, 11) is 0. The maximum absolute atomic E-state index is 6.18. The van der Waals surface area contributed by atoms with Gasteiger partial charge in [-0.1, -0.05) is 12.1 Å². The van der Waals surface area contributed by atoms with Crippen molar-refractivity contribution < 1.29 is 0 Å². The Morgan fingerprint density at radius 2 is 2.11 bits per heavy atom. The molecule has 18 heavy (non-hydrogen) atoms. The summed E-state index contributed by atoms with van der Waals surface area (Å²) >= 11 is 0. The smallest absolute Gasteiger partial charge is 0.0695 e. The van der Waals surface area contributed by atoms with Crippen LogP contribution in [0.3, 0.4) is 0 Å². The number of hydrazine groups is 1. The Hall–Kier alpha value is -1.52. The summed E-state index contributed by atoms with van der Waals surface area (Å²) in [6.07, 6.45) is 5.52. The largest absolute Gasteiger partial charge is 0.339 e. The number of aromatic nitrogens is 1. The van der Waals surface area contributed by atoms with Crippen molar-refractivity contribution in [2.45, 2.75) is 31.2 Å². The second kappa shape index (κ2) is 3.49. The lowest BCUT2D eigenvalue weighted by Crippen LogP contribution is -2.50. The molecule has 1 fully saturated rings. The monoisotopic (exact) mass is 242 g/mol. The van der Waals surface area contributed by atoms with E-state index >= 15 is 0 Å². The van der Waals surface area contributed by atoms with Gasteiger partial charge in [-0.2, -0.15) is 0 Å². The number of nitrogen functional groups attached to an aromatic ring is 1. The molecule has 1 aliphatic heterocycles. The van der Waals surface area contributed by atoms with Crippen LogP contribution in [0.15, 0.2) is 24.4 Å². The molecule has 1 aliphatic carbocycles. The molecule has 4 nitrogen and oxygen atoms in total. The Kier molecular flexibility index (Phi) is 2.02. The van der Waals surface area contributed by atoms with Crippen molar-refractivity contribution >= 4 is 10.9 Å². The third-order valence-corrected chi connectivity index (χ3v) is 4.62. The molecule has 4 rings (SSSR count). The fourth-order valence-corrected chi connectivity index (χ4v) is 3.82. The topological polar surface area (TPSA) is 60.2 Å². The molecule has 2 aliphatic rings. The van der Waals surface area contributed by atoms with Gasteiger partial charge in [0, 0.05) is 30.1 Å². The second-order valence-corrected chi connectivity index (χ2v) is 5.56. The number of nitrogens with zero attached hydrogens (tertiary/aromatic N) is 2. The number of hydrogen-bond donors (Lipinski definition) is 2. The van der Waals surface area contributed by atoms with E-state index in [1.54, 1.807) is 4.68 Å². The van der Waals surface area contributed by atoms with Gasteiger partial charge in [-0.05, 0) is 36.5 Å². The van der Waals surface area contributed by atoms with E-state index in [0.29, 0.717) is 12.0 Å². The van der Waals surface area contributed by atoms with Gasteiger partial charge >= 0.3 is 0 Å². The molecule has 0 bridgehead atoms. The van der Waals surface area contributed by atoms with Crippen LogP contribution >= 0.6 is 0 Å². The Morgan fingerprint density at radius 3 is 3.00 bits per heavy atom. The van der Waals surface area contributed by atoms with Gasteiger partial charge in [-0.15, -0.1) is 0 Å². The molecule has 1 saturated heterocycles. The minimum absolute atomic E-state index is 0.444. The van der Waals surface area contributed by atoms with E-state index in [9.17, 15) is 0 Å². The van der Waals surface area contributed by atoms with Gasteiger partial charge in [0.1, 0.15) is 0 Å². The van der Waals surface area contributed by atoms with E-state index < -0.39 is 0 Å². The highest BCUT2D eigenvalue weighted by Crippen LogP contribution is 2.42. The molecule has 0 radical (unpaired) electrons. The van der Waals surface area contributed by atoms with Gasteiger partial charge < -0.3 is 5.84 Å². The van der Waals surface area contributed by atoms with Crippen LogP contribution in [0.4, 0.5) is 0 Å². The molecule has 94 valence electrons. The first-order chi connectivity index (χ1) is 8.75. The summed E-state index contributed by atoms with van der Waals surface area (Å²) < 4.78 is 1.76. The molecule has 4 N–H and O–H groups in total. The maximum atomic E-state index is 6.18. The molecule has 2 heterocycles.